The summed E-state index contributed by atoms with van der Waals surface area (Å²) < 4.78 is 43.9. The third-order valence-electron chi connectivity index (χ3n) is 7.50. The van der Waals surface area contributed by atoms with Gasteiger partial charge in [-0.3, -0.25) is 9.52 Å². The molecule has 3 rings (SSSR count). The molecule has 0 spiro atoms. The van der Waals surface area contributed by atoms with Gasteiger partial charge in [0.15, 0.2) is 0 Å². The predicted molar refractivity (Wildman–Crippen MR) is 170 cm³/mol. The molecule has 0 saturated carbocycles. The lowest BCUT2D eigenvalue weighted by Crippen LogP contribution is -2.48. The Balaban J connectivity index is 1.88. The molecule has 0 aliphatic carbocycles. The molecule has 0 unspecified atom stereocenters. The van der Waals surface area contributed by atoms with Crippen LogP contribution in [-0.2, 0) is 14.8 Å². The van der Waals surface area contributed by atoms with Crippen LogP contribution in [0.4, 0.5) is 16.2 Å². The summed E-state index contributed by atoms with van der Waals surface area (Å²) in [5.41, 5.74) is 1.03. The Morgan fingerprint density at radius 1 is 1.16 bits per heavy atom. The molecule has 1 aliphatic rings. The van der Waals surface area contributed by atoms with Crippen LogP contribution in [0.3, 0.4) is 0 Å². The third-order valence-corrected chi connectivity index (χ3v) is 8.10. The van der Waals surface area contributed by atoms with Crippen LogP contribution >= 0.6 is 0 Å². The summed E-state index contributed by atoms with van der Waals surface area (Å²) >= 11 is 0. The van der Waals surface area contributed by atoms with Gasteiger partial charge in [-0.15, -0.1) is 0 Å². The first-order valence-electron chi connectivity index (χ1n) is 14.8. The third kappa shape index (κ3) is 10.3. The van der Waals surface area contributed by atoms with Crippen molar-refractivity contribution < 1.29 is 37.3 Å². The fraction of sp³-hybridized carbons (Fsp3) is 0.548. The van der Waals surface area contributed by atoms with Gasteiger partial charge in [0.25, 0.3) is 5.91 Å². The SMILES string of the molecule is COc1ccc(NC(=O)N(C)C[C@H]2OCCCC[C@@H](C)Oc3ccc(NS(C)(=O)=O)cc3C(=O)N([C@@H](C)CO)C[C@@H]2C)cc1. The van der Waals surface area contributed by atoms with Gasteiger partial charge < -0.3 is 34.4 Å². The number of amides is 3. The van der Waals surface area contributed by atoms with E-state index in [0.29, 0.717) is 30.2 Å². The number of benzene rings is 2. The average molecular weight is 635 g/mol. The lowest BCUT2D eigenvalue weighted by molar-refractivity contribution is -0.0115. The molecule has 0 fully saturated rings. The smallest absolute Gasteiger partial charge is 0.321 e. The second kappa shape index (κ2) is 16.0. The number of carbonyl (C=O) groups is 2. The number of aliphatic hydroxyl groups excluding tert-OH is 1. The molecule has 2 aromatic carbocycles. The summed E-state index contributed by atoms with van der Waals surface area (Å²) in [5.74, 6) is 0.358. The predicted octanol–water partition coefficient (Wildman–Crippen LogP) is 4.03. The van der Waals surface area contributed by atoms with E-state index in [1.165, 1.54) is 6.07 Å². The maximum atomic E-state index is 14.1. The normalized spacial score (nSPS) is 20.8. The average Bonchev–Trinajstić information content (AvgIpc) is 2.98. The van der Waals surface area contributed by atoms with Crippen LogP contribution in [0.25, 0.3) is 0 Å². The van der Waals surface area contributed by atoms with E-state index >= 15 is 0 Å². The number of anilines is 2. The number of sulfonamides is 1. The highest BCUT2D eigenvalue weighted by Gasteiger charge is 2.31. The molecule has 13 heteroatoms. The number of carbonyl (C=O) groups excluding carboxylic acids is 2. The molecule has 244 valence electrons. The minimum absolute atomic E-state index is 0.184. The number of fused-ring (bicyclic) bond motifs is 1. The molecular formula is C31H46N4O8S. The van der Waals surface area contributed by atoms with Gasteiger partial charge in [0.05, 0.1) is 43.8 Å². The molecule has 1 aliphatic heterocycles. The molecule has 3 N–H and O–H groups in total. The molecule has 0 bridgehead atoms. The number of rotatable bonds is 8. The molecule has 12 nitrogen and oxygen atoms in total. The molecule has 0 aromatic heterocycles. The van der Waals surface area contributed by atoms with Gasteiger partial charge in [-0.1, -0.05) is 6.92 Å². The van der Waals surface area contributed by atoms with Crippen LogP contribution in [0.1, 0.15) is 50.4 Å². The van der Waals surface area contributed by atoms with Crippen molar-refractivity contribution in [2.75, 3.05) is 56.8 Å². The van der Waals surface area contributed by atoms with Crippen molar-refractivity contribution in [3.05, 3.63) is 48.0 Å². The number of nitrogens with one attached hydrogen (secondary N) is 2. The zero-order valence-electron chi connectivity index (χ0n) is 26.4. The van der Waals surface area contributed by atoms with E-state index in [0.717, 1.165) is 19.1 Å². The fourth-order valence-electron chi connectivity index (χ4n) is 4.91. The van der Waals surface area contributed by atoms with Gasteiger partial charge in [-0.25, -0.2) is 13.2 Å². The summed E-state index contributed by atoms with van der Waals surface area (Å²) in [7, 11) is -0.328. The van der Waals surface area contributed by atoms with Crippen molar-refractivity contribution in [2.24, 2.45) is 5.92 Å². The Morgan fingerprint density at radius 3 is 2.48 bits per heavy atom. The second-order valence-corrected chi connectivity index (χ2v) is 13.2. The highest BCUT2D eigenvalue weighted by molar-refractivity contribution is 7.92. The van der Waals surface area contributed by atoms with Crippen LogP contribution in [0.2, 0.25) is 0 Å². The van der Waals surface area contributed by atoms with Crippen molar-refractivity contribution >= 4 is 33.3 Å². The molecule has 0 saturated heterocycles. The van der Waals surface area contributed by atoms with Crippen molar-refractivity contribution in [1.29, 1.82) is 0 Å². The van der Waals surface area contributed by atoms with Crippen LogP contribution in [0.15, 0.2) is 42.5 Å². The zero-order valence-corrected chi connectivity index (χ0v) is 27.2. The van der Waals surface area contributed by atoms with Gasteiger partial charge in [0.1, 0.15) is 11.5 Å². The number of hydrogen-bond acceptors (Lipinski definition) is 8. The van der Waals surface area contributed by atoms with Crippen molar-refractivity contribution in [3.63, 3.8) is 0 Å². The van der Waals surface area contributed by atoms with Gasteiger partial charge in [0.2, 0.25) is 10.0 Å². The summed E-state index contributed by atoms with van der Waals surface area (Å²) in [6.07, 6.45) is 2.71. The highest BCUT2D eigenvalue weighted by Crippen LogP contribution is 2.29. The number of ether oxygens (including phenoxy) is 3. The minimum Gasteiger partial charge on any atom is -0.497 e. The Bertz CT molecular complexity index is 1350. The maximum Gasteiger partial charge on any atom is 0.321 e. The van der Waals surface area contributed by atoms with E-state index < -0.39 is 28.1 Å². The van der Waals surface area contributed by atoms with E-state index in [1.54, 1.807) is 67.3 Å². The van der Waals surface area contributed by atoms with E-state index in [9.17, 15) is 23.1 Å². The van der Waals surface area contributed by atoms with Gasteiger partial charge >= 0.3 is 6.03 Å². The Kier molecular flexibility index (Phi) is 12.7. The number of aliphatic hydroxyl groups is 1. The first-order chi connectivity index (χ1) is 20.8. The Morgan fingerprint density at radius 2 is 1.84 bits per heavy atom. The molecule has 2 aromatic rings. The van der Waals surface area contributed by atoms with Crippen LogP contribution in [-0.4, -0.2) is 100 Å². The summed E-state index contributed by atoms with van der Waals surface area (Å²) in [5, 5.41) is 13.0. The topological polar surface area (TPSA) is 147 Å². The molecule has 4 atom stereocenters. The number of hydrogen-bond donors (Lipinski definition) is 3. The monoisotopic (exact) mass is 634 g/mol. The largest absolute Gasteiger partial charge is 0.497 e. The Labute approximate surface area is 260 Å². The molecule has 3 amide bonds. The van der Waals surface area contributed by atoms with E-state index in [-0.39, 0.29) is 49.0 Å². The lowest BCUT2D eigenvalue weighted by Gasteiger charge is -2.35. The van der Waals surface area contributed by atoms with Crippen LogP contribution in [0, 0.1) is 5.92 Å². The molecular weight excluding hydrogens is 588 g/mol. The van der Waals surface area contributed by atoms with Crippen molar-refractivity contribution in [1.82, 2.24) is 9.80 Å². The number of nitrogens with zero attached hydrogens (tertiary/aromatic N) is 2. The zero-order chi connectivity index (χ0) is 32.4. The lowest BCUT2D eigenvalue weighted by atomic mass is 10.0. The summed E-state index contributed by atoms with van der Waals surface area (Å²) in [6.45, 7) is 6.24. The van der Waals surface area contributed by atoms with E-state index in [1.807, 2.05) is 13.8 Å². The molecule has 1 heterocycles. The van der Waals surface area contributed by atoms with Crippen LogP contribution in [0.5, 0.6) is 11.5 Å². The first kappa shape index (κ1) is 34.9. The molecule has 44 heavy (non-hydrogen) atoms. The standard InChI is InChI=1S/C31H46N4O8S/c1-21-18-35(22(2)20-36)30(37)27-17-25(33-44(6,39)40)12-15-28(27)43-23(3)9-7-8-16-42-29(21)19-34(4)31(38)32-24-10-13-26(41-5)14-11-24/h10-15,17,21-23,29,33,36H,7-9,16,18-20H2,1-6H3,(H,32,38)/t21-,22-,23+,29+/m0/s1. The fourth-order valence-corrected chi connectivity index (χ4v) is 5.46. The minimum atomic E-state index is -3.59. The van der Waals surface area contributed by atoms with Gasteiger partial charge in [-0.2, -0.15) is 0 Å². The van der Waals surface area contributed by atoms with Crippen molar-refractivity contribution in [2.45, 2.75) is 58.3 Å². The van der Waals surface area contributed by atoms with E-state index in [4.69, 9.17) is 14.2 Å². The Hall–Kier alpha value is -3.55. The van der Waals surface area contributed by atoms with Gasteiger partial charge in [-0.05, 0) is 75.6 Å². The number of likely N-dealkylation sites (N-methyl/N-ethyl adjacent to an activating group) is 1. The number of methoxy groups -OCH3 is 1. The molecule has 0 radical (unpaired) electrons. The van der Waals surface area contributed by atoms with Gasteiger partial charge in [0, 0.05) is 44.0 Å². The van der Waals surface area contributed by atoms with E-state index in [2.05, 4.69) is 10.0 Å². The van der Waals surface area contributed by atoms with Crippen molar-refractivity contribution in [3.8, 4) is 11.5 Å². The number of urea groups is 1. The first-order valence-corrected chi connectivity index (χ1v) is 16.7. The van der Waals surface area contributed by atoms with Crippen LogP contribution < -0.4 is 19.5 Å². The second-order valence-electron chi connectivity index (χ2n) is 11.4. The highest BCUT2D eigenvalue weighted by atomic mass is 32.2. The summed E-state index contributed by atoms with van der Waals surface area (Å²) in [4.78, 5) is 30.2. The summed E-state index contributed by atoms with van der Waals surface area (Å²) in [6, 6.07) is 10.8. The quantitative estimate of drug-likeness (QED) is 0.395. The maximum absolute atomic E-state index is 14.1.